The molecule has 2 aliphatic heterocycles. The summed E-state index contributed by atoms with van der Waals surface area (Å²) in [6.07, 6.45) is 11.1. The van der Waals surface area contributed by atoms with Crippen molar-refractivity contribution in [1.29, 1.82) is 0 Å². The van der Waals surface area contributed by atoms with Crippen LogP contribution in [0.2, 0.25) is 0 Å². The summed E-state index contributed by atoms with van der Waals surface area (Å²) in [4.78, 5) is 33.7. The van der Waals surface area contributed by atoms with E-state index < -0.39 is 47.6 Å². The number of aromatic nitrogens is 1. The van der Waals surface area contributed by atoms with Crippen molar-refractivity contribution < 1.29 is 50.1 Å². The lowest BCUT2D eigenvalue weighted by molar-refractivity contribution is -0.142. The fraction of sp³-hybridized carbons (Fsp3) is 0.481. The maximum Gasteiger partial charge on any atom is 0.173 e. The van der Waals surface area contributed by atoms with Gasteiger partial charge in [0.25, 0.3) is 0 Å². The zero-order chi connectivity index (χ0) is 63.9. The second kappa shape index (κ2) is 29.5. The quantitative estimate of drug-likeness (QED) is 0.0453. The van der Waals surface area contributed by atoms with Gasteiger partial charge >= 0.3 is 0 Å². The minimum atomic E-state index is -1.91. The standard InChI is InChI=1S/C77H94N4O10/c1-5-10-64-56-33-55(62(15-9-28-82)53-26-27-79-74(38-53)81-58-23-20-48-16-19-54(75(88)69(48)39-58)35-61(84)44-78-42-46(3)57-34-59(80-43-57)40-71(64)86)32-51-21-24-66(67-41-72(87)73(91-4)37-52(67)22-25-70(85)77(90)76(89)68(51)36-56)65-14-7-6-13-63(65)50-18-17-49(45(2)29-50)30-47-11-8-12-60(83)31-47/h6-8,11-14,16,19-20,23,26,31,34,37-39,41,43,45-46,49-51,55-56,61-62,64,66,68,71,77-84,86-88,90H,5,9-10,15,17-18,22,25,27-30,32-33,35-36,40,42,44H2,1-4H3/t45-,46-,49+,50+,51-,55+,56+,61+,62+,64-,66+,68+,71-,77-/m1/s1. The molecule has 3 aliphatic carbocycles. The molecule has 2 fully saturated rings. The number of β-amino-alcohol motifs (C(OH)–C–C–N with tert-alkyl or cyclic N) is 1. The first kappa shape index (κ1) is 65.1. The van der Waals surface area contributed by atoms with Crippen LogP contribution in [0.25, 0.3) is 10.8 Å². The van der Waals surface area contributed by atoms with Crippen molar-refractivity contribution in [3.8, 4) is 34.8 Å². The number of phenolic OH excluding ortho intramolecular Hbond substituents is 3. The zero-order valence-electron chi connectivity index (χ0n) is 53.3. The molecule has 6 aromatic rings. The number of allylic oxidation sites excluding steroid dienone is 2. The minimum Gasteiger partial charge on any atom is -0.508 e. The Bertz CT molecular complexity index is 3670. The van der Waals surface area contributed by atoms with Crippen LogP contribution in [0.3, 0.4) is 0 Å². The number of nitrogens with one attached hydrogen (secondary N) is 4. The van der Waals surface area contributed by atoms with E-state index in [4.69, 9.17) is 4.74 Å². The molecule has 3 heterocycles. The maximum absolute atomic E-state index is 15.6. The number of aryl methyl sites for hydroxylation is 1. The highest BCUT2D eigenvalue weighted by Gasteiger charge is 2.45. The number of aromatic amines is 1. The number of hydrogen-bond donors (Lipinski definition) is 11. The third kappa shape index (κ3) is 15.1. The Hall–Kier alpha value is -7.38. The van der Waals surface area contributed by atoms with Crippen molar-refractivity contribution in [2.24, 2.45) is 47.3 Å². The van der Waals surface area contributed by atoms with Crippen LogP contribution < -0.4 is 20.7 Å². The number of dihydropyridines is 1. The van der Waals surface area contributed by atoms with Crippen molar-refractivity contribution >= 4 is 28.0 Å². The van der Waals surface area contributed by atoms with Gasteiger partial charge in [-0.1, -0.05) is 99.7 Å². The molecule has 0 saturated heterocycles. The smallest absolute Gasteiger partial charge is 0.173 e. The highest BCUT2D eigenvalue weighted by molar-refractivity contribution is 6.06. The van der Waals surface area contributed by atoms with Crippen molar-refractivity contribution in [3.63, 3.8) is 0 Å². The Balaban J connectivity index is 1.04. The van der Waals surface area contributed by atoms with Crippen LogP contribution in [0.1, 0.15) is 154 Å². The second-order valence-electron chi connectivity index (χ2n) is 27.3. The van der Waals surface area contributed by atoms with Crippen molar-refractivity contribution in [3.05, 3.63) is 171 Å². The summed E-state index contributed by atoms with van der Waals surface area (Å²) in [6.45, 7) is 7.95. The number of H-pyrrole nitrogens is 1. The molecule has 1 aromatic heterocycles. The van der Waals surface area contributed by atoms with E-state index >= 15 is 4.79 Å². The van der Waals surface area contributed by atoms with Gasteiger partial charge in [-0.05, 0) is 216 Å². The van der Waals surface area contributed by atoms with Crippen LogP contribution in [0, 0.1) is 59.2 Å². The predicted molar refractivity (Wildman–Crippen MR) is 357 cm³/mol. The van der Waals surface area contributed by atoms with Gasteiger partial charge in [-0.25, -0.2) is 0 Å². The van der Waals surface area contributed by atoms with E-state index in [9.17, 15) is 40.5 Å². The molecule has 91 heavy (non-hydrogen) atoms. The number of rotatable bonds is 10. The highest BCUT2D eigenvalue weighted by Crippen LogP contribution is 2.50. The monoisotopic (exact) mass is 1230 g/mol. The lowest BCUT2D eigenvalue weighted by Crippen LogP contribution is -2.40. The molecule has 14 heteroatoms. The lowest BCUT2D eigenvalue weighted by Gasteiger charge is -2.36. The number of anilines is 1. The fourth-order valence-electron chi connectivity index (χ4n) is 16.3. The van der Waals surface area contributed by atoms with E-state index in [-0.39, 0.29) is 90.8 Å². The summed E-state index contributed by atoms with van der Waals surface area (Å²) < 4.78 is 5.70. The molecule has 9 bridgehead atoms. The molecule has 0 unspecified atom stereocenters. The fourth-order valence-corrected chi connectivity index (χ4v) is 16.3. The molecular weight excluding hydrogens is 1140 g/mol. The van der Waals surface area contributed by atoms with Crippen LogP contribution in [0.5, 0.6) is 23.0 Å². The van der Waals surface area contributed by atoms with Gasteiger partial charge in [0.15, 0.2) is 29.2 Å². The van der Waals surface area contributed by atoms with Gasteiger partial charge in [0.05, 0.1) is 25.2 Å². The molecule has 482 valence electrons. The first-order valence-electron chi connectivity index (χ1n) is 33.6. The number of ketones is 2. The van der Waals surface area contributed by atoms with Gasteiger partial charge in [0.1, 0.15) is 17.3 Å². The number of methoxy groups -OCH3 is 1. The predicted octanol–water partition coefficient (Wildman–Crippen LogP) is 11.8. The summed E-state index contributed by atoms with van der Waals surface area (Å²) in [5.74, 6) is 5.91. The van der Waals surface area contributed by atoms with Gasteiger partial charge in [-0.15, -0.1) is 0 Å². The Kier molecular flexibility index (Phi) is 21.1. The molecule has 11 rings (SSSR count). The molecule has 14 atom stereocenters. The molecule has 0 radical (unpaired) electrons. The summed E-state index contributed by atoms with van der Waals surface area (Å²) >= 11 is 0. The SMILES string of the molecule is CCC[C@@H]1[C@H]2C[C@H](C[C@H]3C#C[C@@H](c4ccccc4[C@H]4CC[C@@H](Cc5cccc(O)c5)[C@H](C)C4)c4cc(O)c(OC)cc4CCC(=O)[C@@H](O)C(=O)[C@H]3C2)[C@@H](CCCO)C2=CCNC(=C2)Nc2ccc3ccc(c(O)c3c2)C[C@H](O)CNC[C@@H](C)c2c[nH]c(c2)C[C@H]1O. The number of carbonyl (C=O) groups is 2. The van der Waals surface area contributed by atoms with E-state index in [0.29, 0.717) is 80.9 Å². The van der Waals surface area contributed by atoms with Crippen molar-refractivity contribution in [2.45, 2.75) is 153 Å². The number of fused-ring (bicyclic) bond motifs is 9. The molecule has 5 aromatic carbocycles. The molecule has 11 N–H and O–H groups in total. The summed E-state index contributed by atoms with van der Waals surface area (Å²) in [7, 11) is 1.49. The maximum atomic E-state index is 15.6. The van der Waals surface area contributed by atoms with Crippen LogP contribution in [-0.4, -0.2) is 104 Å². The average molecular weight is 1240 g/mol. The number of ether oxygens (including phenoxy) is 1. The molecule has 14 nitrogen and oxygen atoms in total. The van der Waals surface area contributed by atoms with E-state index in [0.717, 1.165) is 88.1 Å². The van der Waals surface area contributed by atoms with Gasteiger partial charge in [0, 0.05) is 80.3 Å². The van der Waals surface area contributed by atoms with Crippen LogP contribution in [-0.2, 0) is 35.3 Å². The number of aliphatic hydroxyl groups is 4. The normalized spacial score (nSPS) is 28.6. The van der Waals surface area contributed by atoms with Crippen LogP contribution >= 0.6 is 0 Å². The number of aromatic hydroxyl groups is 3. The summed E-state index contributed by atoms with van der Waals surface area (Å²) in [5, 5.41) is 93.0. The molecule has 5 aliphatic rings. The largest absolute Gasteiger partial charge is 0.508 e. The second-order valence-corrected chi connectivity index (χ2v) is 27.3. The molecule has 0 amide bonds. The minimum absolute atomic E-state index is 0.0363. The number of benzene rings is 5. The Morgan fingerprint density at radius 1 is 0.769 bits per heavy atom. The van der Waals surface area contributed by atoms with E-state index in [2.05, 4.69) is 96.0 Å². The number of aliphatic hydroxyl groups excluding tert-OH is 4. The number of carbonyl (C=O) groups excluding carboxylic acids is 2. The first-order chi connectivity index (χ1) is 44.0. The number of Topliss-reactive ketones (excluding diaryl/α,β-unsaturated/α-hetero) is 2. The Morgan fingerprint density at radius 3 is 2.38 bits per heavy atom. The average Bonchev–Trinajstić information content (AvgIpc) is 1.55. The highest BCUT2D eigenvalue weighted by atomic mass is 16.5. The number of hydrogen-bond acceptors (Lipinski definition) is 13. The van der Waals surface area contributed by atoms with E-state index in [1.165, 1.54) is 12.7 Å². The van der Waals surface area contributed by atoms with Crippen molar-refractivity contribution in [2.75, 3.05) is 38.7 Å². The van der Waals surface area contributed by atoms with Gasteiger partial charge in [-0.3, -0.25) is 9.59 Å². The molecule has 0 spiro atoms. The molecular formula is C77H94N4O10. The third-order valence-corrected chi connectivity index (χ3v) is 21.2. The Labute approximate surface area is 536 Å². The zero-order valence-corrected chi connectivity index (χ0v) is 53.3. The van der Waals surface area contributed by atoms with E-state index in [1.807, 2.05) is 54.7 Å². The summed E-state index contributed by atoms with van der Waals surface area (Å²) in [5.41, 5.74) is 9.14. The van der Waals surface area contributed by atoms with Crippen LogP contribution in [0.4, 0.5) is 5.69 Å². The summed E-state index contributed by atoms with van der Waals surface area (Å²) in [6, 6.07) is 31.4. The molecule has 2 saturated carbocycles. The van der Waals surface area contributed by atoms with Crippen molar-refractivity contribution in [1.82, 2.24) is 15.6 Å². The lowest BCUT2D eigenvalue weighted by atomic mass is 9.69. The Morgan fingerprint density at radius 2 is 1.59 bits per heavy atom. The first-order valence-corrected chi connectivity index (χ1v) is 33.6. The van der Waals surface area contributed by atoms with E-state index in [1.54, 1.807) is 18.2 Å². The van der Waals surface area contributed by atoms with Crippen LogP contribution in [0.15, 0.2) is 127 Å². The third-order valence-electron chi connectivity index (χ3n) is 21.2. The van der Waals surface area contributed by atoms with Gasteiger partial charge in [-0.2, -0.15) is 0 Å². The van der Waals surface area contributed by atoms with Gasteiger partial charge < -0.3 is 61.4 Å². The number of phenols is 3. The van der Waals surface area contributed by atoms with Gasteiger partial charge in [0.2, 0.25) is 0 Å². The topological polar surface area (TPSA) is 237 Å².